The Morgan fingerprint density at radius 2 is 1.96 bits per heavy atom. The zero-order chi connectivity index (χ0) is 17.9. The number of sulfonamides is 1. The topological polar surface area (TPSA) is 51.4 Å². The summed E-state index contributed by atoms with van der Waals surface area (Å²) in [5.74, 6) is 0. The fourth-order valence-corrected chi connectivity index (χ4v) is 5.57. The number of allylic oxidation sites excluding steroid dienone is 2. The molecule has 130 valence electrons. The molecule has 0 radical (unpaired) electrons. The maximum Gasteiger partial charge on any atom is 0.294 e. The maximum atomic E-state index is 12.5. The van der Waals surface area contributed by atoms with E-state index in [1.807, 2.05) is 53.3 Å². The van der Waals surface area contributed by atoms with Crippen LogP contribution in [0.3, 0.4) is 0 Å². The second-order valence-corrected chi connectivity index (χ2v) is 9.62. The third-order valence-corrected chi connectivity index (χ3v) is 7.56. The van der Waals surface area contributed by atoms with Gasteiger partial charge in [-0.2, -0.15) is 8.42 Å². The van der Waals surface area contributed by atoms with Gasteiger partial charge in [0, 0.05) is 16.4 Å². The van der Waals surface area contributed by atoms with Gasteiger partial charge >= 0.3 is 0 Å². The number of aromatic nitrogens is 1. The number of rotatable bonds is 5. The Labute approximate surface area is 163 Å². The van der Waals surface area contributed by atoms with Crippen LogP contribution in [-0.2, 0) is 16.6 Å². The first-order valence-electron chi connectivity index (χ1n) is 7.41. The van der Waals surface area contributed by atoms with Crippen LogP contribution in [0.2, 0.25) is 0 Å². The first-order valence-corrected chi connectivity index (χ1v) is 11.4. The van der Waals surface area contributed by atoms with Gasteiger partial charge in [-0.15, -0.1) is 27.1 Å². The van der Waals surface area contributed by atoms with Gasteiger partial charge in [-0.05, 0) is 36.1 Å². The fraction of sp³-hybridized carbons (Fsp3) is 0.118. The summed E-state index contributed by atoms with van der Waals surface area (Å²) in [7, 11) is -3.69. The van der Waals surface area contributed by atoms with Crippen molar-refractivity contribution in [2.75, 3.05) is 0 Å². The van der Waals surface area contributed by atoms with Gasteiger partial charge in [0.1, 0.15) is 4.21 Å². The monoisotopic (exact) mass is 454 g/mol. The lowest BCUT2D eigenvalue weighted by atomic mass is 10.2. The Kier molecular flexibility index (Phi) is 5.73. The maximum absolute atomic E-state index is 12.5. The molecule has 3 rings (SSSR count). The highest BCUT2D eigenvalue weighted by atomic mass is 79.9. The number of thiazole rings is 1. The van der Waals surface area contributed by atoms with Crippen molar-refractivity contribution in [2.24, 2.45) is 4.40 Å². The molecule has 2 aromatic heterocycles. The van der Waals surface area contributed by atoms with Crippen molar-refractivity contribution in [3.63, 3.8) is 0 Å². The van der Waals surface area contributed by atoms with E-state index in [0.29, 0.717) is 11.3 Å². The summed E-state index contributed by atoms with van der Waals surface area (Å²) in [6.45, 7) is 2.50. The first-order chi connectivity index (χ1) is 12.0. The lowest BCUT2D eigenvalue weighted by Gasteiger charge is -2.07. The highest BCUT2D eigenvalue weighted by Gasteiger charge is 2.15. The van der Waals surface area contributed by atoms with Crippen molar-refractivity contribution in [3.05, 3.63) is 68.6 Å². The van der Waals surface area contributed by atoms with Crippen LogP contribution in [0, 0.1) is 0 Å². The Bertz CT molecular complexity index is 1040. The molecule has 0 atom stereocenters. The van der Waals surface area contributed by atoms with Crippen LogP contribution in [0.1, 0.15) is 6.92 Å². The zero-order valence-electron chi connectivity index (χ0n) is 13.3. The SMILES string of the molecule is C/C=C/Cn1c(-c2ccc(Br)cc2)cs/c1=N/S(=O)(=O)c1cccs1. The molecule has 0 aliphatic carbocycles. The number of hydrogen-bond acceptors (Lipinski definition) is 4. The minimum atomic E-state index is -3.69. The van der Waals surface area contributed by atoms with Gasteiger partial charge in [0.15, 0.2) is 0 Å². The molecular formula is C17H15BrN2O2S3. The smallest absolute Gasteiger partial charge is 0.294 e. The van der Waals surface area contributed by atoms with Gasteiger partial charge < -0.3 is 4.57 Å². The lowest BCUT2D eigenvalue weighted by molar-refractivity contribution is 0.597. The van der Waals surface area contributed by atoms with Crippen molar-refractivity contribution in [2.45, 2.75) is 17.7 Å². The van der Waals surface area contributed by atoms with E-state index in [1.165, 1.54) is 22.7 Å². The molecule has 0 unspecified atom stereocenters. The highest BCUT2D eigenvalue weighted by molar-refractivity contribution is 9.10. The number of thiophene rings is 1. The average Bonchev–Trinajstić information content (AvgIpc) is 3.24. The van der Waals surface area contributed by atoms with Crippen LogP contribution < -0.4 is 4.80 Å². The average molecular weight is 455 g/mol. The third-order valence-electron chi connectivity index (χ3n) is 3.41. The van der Waals surface area contributed by atoms with E-state index in [9.17, 15) is 8.42 Å². The Morgan fingerprint density at radius 3 is 2.60 bits per heavy atom. The third kappa shape index (κ3) is 4.20. The van der Waals surface area contributed by atoms with E-state index in [4.69, 9.17) is 0 Å². The van der Waals surface area contributed by atoms with Gasteiger partial charge in [-0.3, -0.25) is 0 Å². The van der Waals surface area contributed by atoms with E-state index < -0.39 is 10.0 Å². The zero-order valence-corrected chi connectivity index (χ0v) is 17.3. The van der Waals surface area contributed by atoms with Gasteiger partial charge in [0.25, 0.3) is 10.0 Å². The van der Waals surface area contributed by atoms with Crippen molar-refractivity contribution in [1.82, 2.24) is 4.57 Å². The van der Waals surface area contributed by atoms with Gasteiger partial charge in [-0.25, -0.2) is 0 Å². The molecule has 0 spiro atoms. The normalized spacial score (nSPS) is 13.0. The van der Waals surface area contributed by atoms with Crippen LogP contribution in [0.5, 0.6) is 0 Å². The molecule has 0 aliphatic rings. The van der Waals surface area contributed by atoms with E-state index in [1.54, 1.807) is 17.5 Å². The van der Waals surface area contributed by atoms with Crippen LogP contribution in [0.4, 0.5) is 0 Å². The van der Waals surface area contributed by atoms with Crippen LogP contribution in [0.25, 0.3) is 11.3 Å². The van der Waals surface area contributed by atoms with Crippen molar-refractivity contribution < 1.29 is 8.42 Å². The molecule has 0 bridgehead atoms. The van der Waals surface area contributed by atoms with Crippen molar-refractivity contribution in [1.29, 1.82) is 0 Å². The summed E-state index contributed by atoms with van der Waals surface area (Å²) < 4.78 is 32.2. The molecule has 25 heavy (non-hydrogen) atoms. The van der Waals surface area contributed by atoms with Crippen LogP contribution >= 0.6 is 38.6 Å². The molecule has 0 fully saturated rings. The van der Waals surface area contributed by atoms with Crippen LogP contribution in [0.15, 0.2) is 72.4 Å². The van der Waals surface area contributed by atoms with Gasteiger partial charge in [0.2, 0.25) is 4.80 Å². The predicted molar refractivity (Wildman–Crippen MR) is 107 cm³/mol. The van der Waals surface area contributed by atoms with E-state index >= 15 is 0 Å². The number of benzene rings is 1. The molecule has 3 aromatic rings. The second kappa shape index (κ2) is 7.82. The summed E-state index contributed by atoms with van der Waals surface area (Å²) in [6.07, 6.45) is 3.92. The van der Waals surface area contributed by atoms with E-state index in [-0.39, 0.29) is 4.21 Å². The van der Waals surface area contributed by atoms with Gasteiger partial charge in [0.05, 0.1) is 5.69 Å². The second-order valence-electron chi connectivity index (χ2n) is 5.09. The Balaban J connectivity index is 2.14. The minimum absolute atomic E-state index is 0.253. The highest BCUT2D eigenvalue weighted by Crippen LogP contribution is 2.23. The molecule has 0 saturated heterocycles. The Morgan fingerprint density at radius 1 is 1.20 bits per heavy atom. The molecule has 0 amide bonds. The summed E-state index contributed by atoms with van der Waals surface area (Å²) in [4.78, 5) is 0.462. The standard InChI is InChI=1S/C17H15BrN2O2S3/c1-2-3-10-20-15(13-6-8-14(18)9-7-13)12-24-17(20)19-25(21,22)16-5-4-11-23-16/h2-9,11-12H,10H2,1H3/b3-2+,19-17+. The van der Waals surface area contributed by atoms with E-state index in [2.05, 4.69) is 20.3 Å². The van der Waals surface area contributed by atoms with E-state index in [0.717, 1.165) is 15.7 Å². The molecule has 0 N–H and O–H groups in total. The molecule has 1 aromatic carbocycles. The predicted octanol–water partition coefficient (Wildman–Crippen LogP) is 4.91. The molecule has 0 saturated carbocycles. The summed E-state index contributed by atoms with van der Waals surface area (Å²) >= 11 is 5.93. The summed E-state index contributed by atoms with van der Waals surface area (Å²) in [5.41, 5.74) is 1.95. The quantitative estimate of drug-likeness (QED) is 0.514. The fourth-order valence-electron chi connectivity index (χ4n) is 2.20. The Hall–Kier alpha value is -1.48. The van der Waals surface area contributed by atoms with Crippen molar-refractivity contribution in [3.8, 4) is 11.3 Å². The number of nitrogens with zero attached hydrogens (tertiary/aromatic N) is 2. The minimum Gasteiger partial charge on any atom is -0.312 e. The molecule has 8 heteroatoms. The lowest BCUT2D eigenvalue weighted by Crippen LogP contribution is -2.17. The van der Waals surface area contributed by atoms with Crippen LogP contribution in [-0.4, -0.2) is 13.0 Å². The molecule has 4 nitrogen and oxygen atoms in total. The summed E-state index contributed by atoms with van der Waals surface area (Å²) in [6, 6.07) is 11.2. The van der Waals surface area contributed by atoms with Gasteiger partial charge in [-0.1, -0.05) is 46.3 Å². The number of halogens is 1. The summed E-state index contributed by atoms with van der Waals surface area (Å²) in [5, 5.41) is 3.67. The first kappa shape index (κ1) is 18.3. The molecular weight excluding hydrogens is 440 g/mol. The molecule has 2 heterocycles. The molecule has 0 aliphatic heterocycles. The largest absolute Gasteiger partial charge is 0.312 e. The number of hydrogen-bond donors (Lipinski definition) is 0. The van der Waals surface area contributed by atoms with Crippen molar-refractivity contribution >= 4 is 48.6 Å².